The van der Waals surface area contributed by atoms with Crippen molar-refractivity contribution in [3.63, 3.8) is 0 Å². The SMILES string of the molecule is O=C1O[C@H]([C@@H](O)CO)C(OP(=O)(O)O)=C1O.[Ca+2].[H-].[H-]. The Hall–Kier alpha value is 0.140. The van der Waals surface area contributed by atoms with Gasteiger partial charge < -0.3 is 27.4 Å². The minimum Gasteiger partial charge on any atom is -1.00 e. The van der Waals surface area contributed by atoms with Crippen molar-refractivity contribution in [2.45, 2.75) is 12.2 Å². The number of phosphoric acid groups is 1. The van der Waals surface area contributed by atoms with Crippen molar-refractivity contribution in [3.05, 3.63) is 11.5 Å². The molecule has 0 aromatic rings. The van der Waals surface area contributed by atoms with Gasteiger partial charge in [0.25, 0.3) is 0 Å². The maximum atomic E-state index is 10.8. The van der Waals surface area contributed by atoms with Crippen molar-refractivity contribution in [2.24, 2.45) is 0 Å². The molecule has 0 saturated heterocycles. The first kappa shape index (κ1) is 17.1. The summed E-state index contributed by atoms with van der Waals surface area (Å²) in [6.45, 7) is -0.848. The molecule has 0 saturated carbocycles. The topological polar surface area (TPSA) is 154 Å². The largest absolute Gasteiger partial charge is 2.00 e. The molecule has 0 unspecified atom stereocenters. The first-order valence-corrected chi connectivity index (χ1v) is 5.47. The van der Waals surface area contributed by atoms with E-state index in [-0.39, 0.29) is 40.6 Å². The smallest absolute Gasteiger partial charge is 1.00 e. The van der Waals surface area contributed by atoms with Crippen LogP contribution in [0.3, 0.4) is 0 Å². The van der Waals surface area contributed by atoms with Crippen LogP contribution in [0.25, 0.3) is 0 Å². The summed E-state index contributed by atoms with van der Waals surface area (Å²) in [5.41, 5.74) is 0. The average Bonchev–Trinajstić information content (AvgIpc) is 2.43. The molecule has 17 heavy (non-hydrogen) atoms. The second kappa shape index (κ2) is 6.35. The zero-order chi connectivity index (χ0) is 12.5. The van der Waals surface area contributed by atoms with E-state index in [1.807, 2.05) is 0 Å². The van der Waals surface area contributed by atoms with Gasteiger partial charge in [-0.15, -0.1) is 0 Å². The molecule has 1 rings (SSSR count). The molecule has 0 spiro atoms. The quantitative estimate of drug-likeness (QED) is 0.225. The fourth-order valence-electron chi connectivity index (χ4n) is 1.03. The van der Waals surface area contributed by atoms with Gasteiger partial charge in [-0.25, -0.2) is 9.36 Å². The number of hydrogen-bond donors (Lipinski definition) is 5. The molecule has 0 aromatic heterocycles. The van der Waals surface area contributed by atoms with Crippen LogP contribution in [0.2, 0.25) is 0 Å². The first-order valence-electron chi connectivity index (χ1n) is 3.94. The molecule has 9 nitrogen and oxygen atoms in total. The van der Waals surface area contributed by atoms with Gasteiger partial charge in [-0.3, -0.25) is 9.79 Å². The Labute approximate surface area is 128 Å². The summed E-state index contributed by atoms with van der Waals surface area (Å²) in [6.07, 6.45) is -3.31. The van der Waals surface area contributed by atoms with Crippen LogP contribution in [-0.2, 0) is 18.6 Å². The van der Waals surface area contributed by atoms with Crippen molar-refractivity contribution in [2.75, 3.05) is 6.61 Å². The standard InChI is InChI=1S/C6H9O9P.Ca.2H/c7-1-2(8)4-5(15-16(11,12)13)3(9)6(10)14-4;;;/h2,4,7-9H,1H2,(H2,11,12,13);;;/q;+2;2*-1/t2-,4+;;;/m0.../s1. The van der Waals surface area contributed by atoms with Gasteiger partial charge in [0.1, 0.15) is 6.10 Å². The van der Waals surface area contributed by atoms with Gasteiger partial charge in [0.15, 0.2) is 6.10 Å². The van der Waals surface area contributed by atoms with Crippen LogP contribution in [-0.4, -0.2) is 87.6 Å². The Morgan fingerprint density at radius 3 is 2.47 bits per heavy atom. The van der Waals surface area contributed by atoms with E-state index in [4.69, 9.17) is 25.1 Å². The maximum Gasteiger partial charge on any atom is 2.00 e. The van der Waals surface area contributed by atoms with Crippen molar-refractivity contribution in [3.8, 4) is 0 Å². The second-order valence-electron chi connectivity index (χ2n) is 2.87. The molecule has 96 valence electrons. The van der Waals surface area contributed by atoms with E-state index in [9.17, 15) is 9.36 Å². The molecule has 0 bridgehead atoms. The van der Waals surface area contributed by atoms with Crippen molar-refractivity contribution in [1.29, 1.82) is 0 Å². The summed E-state index contributed by atoms with van der Waals surface area (Å²) in [5, 5.41) is 26.8. The minimum absolute atomic E-state index is 0. The van der Waals surface area contributed by atoms with Crippen LogP contribution in [0, 0.1) is 0 Å². The predicted molar refractivity (Wildman–Crippen MR) is 53.7 cm³/mol. The van der Waals surface area contributed by atoms with Gasteiger partial charge in [-0.1, -0.05) is 0 Å². The van der Waals surface area contributed by atoms with Crippen molar-refractivity contribution < 1.29 is 46.6 Å². The monoisotopic (exact) mass is 298 g/mol. The number of ether oxygens (including phenoxy) is 1. The van der Waals surface area contributed by atoms with E-state index in [1.54, 1.807) is 0 Å². The van der Waals surface area contributed by atoms with Crippen LogP contribution in [0.5, 0.6) is 0 Å². The summed E-state index contributed by atoms with van der Waals surface area (Å²) in [5.74, 6) is -3.36. The molecular weight excluding hydrogens is 287 g/mol. The molecule has 2 atom stereocenters. The third kappa shape index (κ3) is 4.38. The third-order valence-corrected chi connectivity index (χ3v) is 2.11. The van der Waals surface area contributed by atoms with E-state index >= 15 is 0 Å². The van der Waals surface area contributed by atoms with E-state index < -0.39 is 44.1 Å². The van der Waals surface area contributed by atoms with Crippen LogP contribution in [0.4, 0.5) is 0 Å². The summed E-state index contributed by atoms with van der Waals surface area (Å²) in [7, 11) is -5.01. The second-order valence-corrected chi connectivity index (χ2v) is 4.03. The Kier molecular flexibility index (Phi) is 6.40. The summed E-state index contributed by atoms with van der Waals surface area (Å²) in [4.78, 5) is 27.8. The molecule has 5 N–H and O–H groups in total. The molecule has 11 heteroatoms. The first-order chi connectivity index (χ1) is 7.26. The predicted octanol–water partition coefficient (Wildman–Crippen LogP) is -2.01. The Morgan fingerprint density at radius 1 is 1.53 bits per heavy atom. The number of rotatable bonds is 4. The fraction of sp³-hybridized carbons (Fsp3) is 0.500. The van der Waals surface area contributed by atoms with Crippen LogP contribution < -0.4 is 0 Å². The number of carbonyl (C=O) groups excluding carboxylic acids is 1. The van der Waals surface area contributed by atoms with Crippen LogP contribution in [0.15, 0.2) is 11.5 Å². The zero-order valence-corrected chi connectivity index (χ0v) is 11.5. The Morgan fingerprint density at radius 2 is 2.06 bits per heavy atom. The number of hydrogen-bond acceptors (Lipinski definition) is 7. The third-order valence-electron chi connectivity index (χ3n) is 1.67. The van der Waals surface area contributed by atoms with Crippen LogP contribution >= 0.6 is 7.82 Å². The summed E-state index contributed by atoms with van der Waals surface area (Å²) in [6, 6.07) is 0. The number of aliphatic hydroxyl groups excluding tert-OH is 3. The Bertz CT molecular complexity index is 383. The average molecular weight is 298 g/mol. The van der Waals surface area contributed by atoms with Crippen LogP contribution in [0.1, 0.15) is 2.85 Å². The van der Waals surface area contributed by atoms with Gasteiger partial charge in [-0.05, 0) is 0 Å². The van der Waals surface area contributed by atoms with E-state index in [0.717, 1.165) is 0 Å². The molecule has 0 aromatic carbocycles. The molecule has 0 radical (unpaired) electrons. The number of esters is 1. The van der Waals surface area contributed by atoms with Gasteiger partial charge in [0, 0.05) is 0 Å². The van der Waals surface area contributed by atoms with Crippen molar-refractivity contribution in [1.82, 2.24) is 0 Å². The summed E-state index contributed by atoms with van der Waals surface area (Å²) < 4.78 is 18.9. The van der Waals surface area contributed by atoms with Gasteiger partial charge in [0.05, 0.1) is 6.61 Å². The minimum atomic E-state index is -5.01. The van der Waals surface area contributed by atoms with Gasteiger partial charge in [-0.2, -0.15) is 0 Å². The van der Waals surface area contributed by atoms with E-state index in [1.165, 1.54) is 0 Å². The summed E-state index contributed by atoms with van der Waals surface area (Å²) >= 11 is 0. The maximum absolute atomic E-state index is 10.8. The van der Waals surface area contributed by atoms with E-state index in [2.05, 4.69) is 9.26 Å². The van der Waals surface area contributed by atoms with Gasteiger partial charge in [0.2, 0.25) is 11.5 Å². The fourth-order valence-corrected chi connectivity index (χ4v) is 1.48. The molecule has 1 heterocycles. The molecule has 1 aliphatic heterocycles. The van der Waals surface area contributed by atoms with Gasteiger partial charge >= 0.3 is 51.5 Å². The number of cyclic esters (lactones) is 1. The number of phosphoric ester groups is 1. The molecule has 1 aliphatic rings. The number of aliphatic hydroxyl groups is 3. The van der Waals surface area contributed by atoms with E-state index in [0.29, 0.717) is 0 Å². The molecule has 0 amide bonds. The number of carbonyl (C=O) groups is 1. The zero-order valence-electron chi connectivity index (χ0n) is 10.4. The molecular formula is C6H11CaO9P. The molecule has 0 fully saturated rings. The van der Waals surface area contributed by atoms with Crippen molar-refractivity contribution >= 4 is 51.5 Å². The molecule has 0 aliphatic carbocycles. The Balaban J connectivity index is -0.000000853. The normalized spacial score (nSPS) is 21.9.